The molecular weight excluding hydrogens is 165 g/mol. The molecule has 0 radical (unpaired) electrons. The summed E-state index contributed by atoms with van der Waals surface area (Å²) in [5.74, 6) is 0.652. The molecule has 1 aliphatic heterocycles. The first-order valence-corrected chi connectivity index (χ1v) is 4.78. The lowest BCUT2D eigenvalue weighted by Crippen LogP contribution is -2.19. The highest BCUT2D eigenvalue weighted by molar-refractivity contribution is 5.36. The minimum absolute atomic E-state index is 0.107. The van der Waals surface area contributed by atoms with E-state index in [9.17, 15) is 4.39 Å². The van der Waals surface area contributed by atoms with Crippen LogP contribution in [-0.2, 0) is 5.41 Å². The van der Waals surface area contributed by atoms with E-state index in [1.54, 1.807) is 6.07 Å². The van der Waals surface area contributed by atoms with E-state index < -0.39 is 0 Å². The second kappa shape index (κ2) is 2.32. The molecule has 1 heterocycles. The number of hydrogen-bond acceptors (Lipinski definition) is 1. The monoisotopic (exact) mass is 177 g/mol. The number of halogens is 1. The van der Waals surface area contributed by atoms with Crippen molar-refractivity contribution < 1.29 is 4.39 Å². The second-order valence-corrected chi connectivity index (χ2v) is 4.20. The van der Waals surface area contributed by atoms with Gasteiger partial charge in [-0.15, -0.1) is 0 Å². The number of nitrogens with one attached hydrogen (secondary N) is 1. The van der Waals surface area contributed by atoms with E-state index in [1.165, 1.54) is 18.1 Å². The molecule has 0 bridgehead atoms. The summed E-state index contributed by atoms with van der Waals surface area (Å²) in [6, 6.07) is 7.07. The van der Waals surface area contributed by atoms with Gasteiger partial charge in [-0.3, -0.25) is 0 Å². The summed E-state index contributed by atoms with van der Waals surface area (Å²) in [6.45, 7) is 2.14. The Morgan fingerprint density at radius 1 is 1.46 bits per heavy atom. The van der Waals surface area contributed by atoms with Crippen LogP contribution in [0.1, 0.15) is 12.0 Å². The summed E-state index contributed by atoms with van der Waals surface area (Å²) >= 11 is 0. The Bertz CT molecular complexity index is 350. The molecule has 1 saturated carbocycles. The van der Waals surface area contributed by atoms with E-state index >= 15 is 0 Å². The van der Waals surface area contributed by atoms with Gasteiger partial charge in [-0.2, -0.15) is 0 Å². The van der Waals surface area contributed by atoms with Crippen LogP contribution in [0.2, 0.25) is 0 Å². The van der Waals surface area contributed by atoms with E-state index in [0.717, 1.165) is 19.0 Å². The van der Waals surface area contributed by atoms with E-state index in [-0.39, 0.29) is 5.82 Å². The smallest absolute Gasteiger partial charge is 0.123 e. The third-order valence-corrected chi connectivity index (χ3v) is 3.46. The summed E-state index contributed by atoms with van der Waals surface area (Å²) in [4.78, 5) is 0. The lowest BCUT2D eigenvalue weighted by Gasteiger charge is -2.11. The van der Waals surface area contributed by atoms with Gasteiger partial charge in [-0.1, -0.05) is 12.1 Å². The number of piperidine rings is 1. The minimum Gasteiger partial charge on any atom is -0.316 e. The third kappa shape index (κ3) is 0.953. The van der Waals surface area contributed by atoms with Crippen molar-refractivity contribution in [3.05, 3.63) is 35.6 Å². The number of rotatable bonds is 1. The Balaban J connectivity index is 2.01. The molecule has 3 rings (SSSR count). The summed E-state index contributed by atoms with van der Waals surface area (Å²) in [5.41, 5.74) is 1.48. The van der Waals surface area contributed by atoms with E-state index in [1.807, 2.05) is 6.07 Å². The number of hydrogen-bond donors (Lipinski definition) is 1. The lowest BCUT2D eigenvalue weighted by atomic mass is 9.95. The van der Waals surface area contributed by atoms with Crippen LogP contribution in [-0.4, -0.2) is 13.1 Å². The highest BCUT2D eigenvalue weighted by Crippen LogP contribution is 2.56. The molecule has 1 saturated heterocycles. The Morgan fingerprint density at radius 3 is 3.00 bits per heavy atom. The Hall–Kier alpha value is -0.890. The molecule has 2 heteroatoms. The van der Waals surface area contributed by atoms with Gasteiger partial charge in [0.25, 0.3) is 0 Å². The molecule has 13 heavy (non-hydrogen) atoms. The van der Waals surface area contributed by atoms with E-state index in [4.69, 9.17) is 0 Å². The topological polar surface area (TPSA) is 12.0 Å². The maximum atomic E-state index is 13.0. The maximum absolute atomic E-state index is 13.0. The van der Waals surface area contributed by atoms with Crippen molar-refractivity contribution >= 4 is 0 Å². The summed E-state index contributed by atoms with van der Waals surface area (Å²) < 4.78 is 13.0. The van der Waals surface area contributed by atoms with E-state index in [0.29, 0.717) is 5.41 Å². The standard InChI is InChI=1S/C11H12FN/c12-10-3-1-2-8(4-10)11-5-9(11)6-13-7-11/h1-4,9,13H,5-7H2/t9-,11-/m1/s1. The number of fused-ring (bicyclic) bond motifs is 1. The first-order valence-electron chi connectivity index (χ1n) is 4.78. The normalized spacial score (nSPS) is 35.9. The molecule has 1 aromatic rings. The van der Waals surface area contributed by atoms with Crippen molar-refractivity contribution in [3.63, 3.8) is 0 Å². The van der Waals surface area contributed by atoms with Crippen LogP contribution in [0.4, 0.5) is 4.39 Å². The lowest BCUT2D eigenvalue weighted by molar-refractivity contribution is 0.614. The highest BCUT2D eigenvalue weighted by Gasteiger charge is 2.57. The van der Waals surface area contributed by atoms with Gasteiger partial charge in [0.1, 0.15) is 5.82 Å². The molecule has 0 amide bonds. The number of benzene rings is 1. The van der Waals surface area contributed by atoms with Crippen molar-refractivity contribution in [3.8, 4) is 0 Å². The fourth-order valence-electron chi connectivity index (χ4n) is 2.59. The van der Waals surface area contributed by atoms with Gasteiger partial charge in [-0.05, 0) is 36.6 Å². The SMILES string of the molecule is Fc1cccc([C@@]23CNC[C@H]2C3)c1. The van der Waals surface area contributed by atoms with Gasteiger partial charge in [0.05, 0.1) is 0 Å². The van der Waals surface area contributed by atoms with Crippen molar-refractivity contribution in [2.45, 2.75) is 11.8 Å². The fourth-order valence-corrected chi connectivity index (χ4v) is 2.59. The van der Waals surface area contributed by atoms with Gasteiger partial charge in [-0.25, -0.2) is 4.39 Å². The van der Waals surface area contributed by atoms with Gasteiger partial charge in [0.2, 0.25) is 0 Å². The zero-order valence-electron chi connectivity index (χ0n) is 7.39. The molecule has 1 nitrogen and oxygen atoms in total. The van der Waals surface area contributed by atoms with Crippen LogP contribution in [0.15, 0.2) is 24.3 Å². The van der Waals surface area contributed by atoms with Gasteiger partial charge < -0.3 is 5.32 Å². The Kier molecular flexibility index (Phi) is 1.34. The zero-order chi connectivity index (χ0) is 8.89. The van der Waals surface area contributed by atoms with Crippen LogP contribution < -0.4 is 5.32 Å². The van der Waals surface area contributed by atoms with Crippen molar-refractivity contribution in [2.24, 2.45) is 5.92 Å². The van der Waals surface area contributed by atoms with Crippen molar-refractivity contribution in [2.75, 3.05) is 13.1 Å². The largest absolute Gasteiger partial charge is 0.316 e. The average molecular weight is 177 g/mol. The summed E-state index contributed by atoms with van der Waals surface area (Å²) in [6.07, 6.45) is 1.24. The second-order valence-electron chi connectivity index (χ2n) is 4.20. The maximum Gasteiger partial charge on any atom is 0.123 e. The van der Waals surface area contributed by atoms with Crippen molar-refractivity contribution in [1.82, 2.24) is 5.32 Å². The average Bonchev–Trinajstić information content (AvgIpc) is 2.70. The van der Waals surface area contributed by atoms with Gasteiger partial charge >= 0.3 is 0 Å². The molecular formula is C11H12FN. The molecule has 0 spiro atoms. The van der Waals surface area contributed by atoms with Crippen LogP contribution in [0.5, 0.6) is 0 Å². The molecule has 2 fully saturated rings. The molecule has 0 unspecified atom stereocenters. The first-order chi connectivity index (χ1) is 6.31. The molecule has 2 aliphatic rings. The van der Waals surface area contributed by atoms with Gasteiger partial charge in [0, 0.05) is 12.0 Å². The predicted molar refractivity (Wildman–Crippen MR) is 49.1 cm³/mol. The van der Waals surface area contributed by atoms with Crippen LogP contribution >= 0.6 is 0 Å². The predicted octanol–water partition coefficient (Wildman–Crippen LogP) is 1.69. The summed E-state index contributed by atoms with van der Waals surface area (Å²) in [7, 11) is 0. The molecule has 2 atom stereocenters. The van der Waals surface area contributed by atoms with Gasteiger partial charge in [0.15, 0.2) is 0 Å². The Labute approximate surface area is 77.0 Å². The molecule has 1 aromatic carbocycles. The van der Waals surface area contributed by atoms with Crippen LogP contribution in [0.3, 0.4) is 0 Å². The van der Waals surface area contributed by atoms with Crippen LogP contribution in [0.25, 0.3) is 0 Å². The fraction of sp³-hybridized carbons (Fsp3) is 0.455. The van der Waals surface area contributed by atoms with Crippen LogP contribution in [0, 0.1) is 11.7 Å². The molecule has 68 valence electrons. The van der Waals surface area contributed by atoms with E-state index in [2.05, 4.69) is 11.4 Å². The minimum atomic E-state index is -0.107. The van der Waals surface area contributed by atoms with Crippen molar-refractivity contribution in [1.29, 1.82) is 0 Å². The molecule has 0 aromatic heterocycles. The third-order valence-electron chi connectivity index (χ3n) is 3.46. The zero-order valence-corrected chi connectivity index (χ0v) is 7.39. The molecule has 1 N–H and O–H groups in total. The first kappa shape index (κ1) is 7.51. The molecule has 1 aliphatic carbocycles. The summed E-state index contributed by atoms with van der Waals surface area (Å²) in [5, 5.41) is 3.36. The Morgan fingerprint density at radius 2 is 2.38 bits per heavy atom. The highest BCUT2D eigenvalue weighted by atomic mass is 19.1. The quantitative estimate of drug-likeness (QED) is 0.688.